The maximum Gasteiger partial charge on any atom is 0.433 e. The van der Waals surface area contributed by atoms with Crippen LogP contribution in [0.5, 0.6) is 0 Å². The van der Waals surface area contributed by atoms with E-state index in [0.29, 0.717) is 0 Å². The molecule has 0 bridgehead atoms. The van der Waals surface area contributed by atoms with E-state index in [2.05, 4.69) is 9.97 Å². The first-order valence-corrected chi connectivity index (χ1v) is 5.96. The second-order valence-electron chi connectivity index (χ2n) is 4.51. The van der Waals surface area contributed by atoms with Crippen LogP contribution >= 0.6 is 0 Å². The standard InChI is InChI=1S/C12H16F3N3O2/c1-7(2)20-10(19)8(3)18(4)11-16-6-5-9(17-11)12(13,14)15/h5-8H,1-4H3/t8-/m1/s1. The van der Waals surface area contributed by atoms with Gasteiger partial charge in [-0.25, -0.2) is 14.8 Å². The van der Waals surface area contributed by atoms with Crippen LogP contribution in [0.2, 0.25) is 0 Å². The highest BCUT2D eigenvalue weighted by Crippen LogP contribution is 2.28. The van der Waals surface area contributed by atoms with Gasteiger partial charge in [-0.05, 0) is 26.8 Å². The Bertz CT molecular complexity index is 477. The number of hydrogen-bond acceptors (Lipinski definition) is 5. The summed E-state index contributed by atoms with van der Waals surface area (Å²) in [5.41, 5.74) is -1.06. The summed E-state index contributed by atoms with van der Waals surface area (Å²) in [6.07, 6.45) is -3.86. The molecule has 0 spiro atoms. The number of anilines is 1. The lowest BCUT2D eigenvalue weighted by molar-refractivity contribution is -0.148. The molecule has 1 aromatic rings. The van der Waals surface area contributed by atoms with Crippen LogP contribution in [0.4, 0.5) is 19.1 Å². The molecular weight excluding hydrogens is 275 g/mol. The zero-order chi connectivity index (χ0) is 15.5. The molecule has 1 aromatic heterocycles. The number of alkyl halides is 3. The van der Waals surface area contributed by atoms with E-state index < -0.39 is 23.9 Å². The number of carbonyl (C=O) groups is 1. The van der Waals surface area contributed by atoms with Crippen molar-refractivity contribution in [3.63, 3.8) is 0 Å². The van der Waals surface area contributed by atoms with E-state index in [4.69, 9.17) is 4.74 Å². The molecular formula is C12H16F3N3O2. The van der Waals surface area contributed by atoms with Crippen molar-refractivity contribution in [2.24, 2.45) is 0 Å². The largest absolute Gasteiger partial charge is 0.461 e. The minimum Gasteiger partial charge on any atom is -0.461 e. The van der Waals surface area contributed by atoms with E-state index in [1.807, 2.05) is 0 Å². The molecule has 0 saturated carbocycles. The minimum absolute atomic E-state index is 0.187. The summed E-state index contributed by atoms with van der Waals surface area (Å²) in [5, 5.41) is 0. The number of ether oxygens (including phenoxy) is 1. The number of rotatable bonds is 4. The van der Waals surface area contributed by atoms with E-state index in [9.17, 15) is 18.0 Å². The molecule has 1 atom stereocenters. The van der Waals surface area contributed by atoms with Gasteiger partial charge in [0.1, 0.15) is 11.7 Å². The number of likely N-dealkylation sites (N-methyl/N-ethyl adjacent to an activating group) is 1. The zero-order valence-electron chi connectivity index (χ0n) is 11.6. The average molecular weight is 291 g/mol. The maximum absolute atomic E-state index is 12.6. The van der Waals surface area contributed by atoms with Crippen LogP contribution in [0.3, 0.4) is 0 Å². The molecule has 0 aliphatic rings. The predicted molar refractivity (Wildman–Crippen MR) is 66.1 cm³/mol. The van der Waals surface area contributed by atoms with Gasteiger partial charge < -0.3 is 9.64 Å². The van der Waals surface area contributed by atoms with Gasteiger partial charge in [0.25, 0.3) is 0 Å². The summed E-state index contributed by atoms with van der Waals surface area (Å²) in [5.74, 6) is -0.739. The van der Waals surface area contributed by atoms with E-state index >= 15 is 0 Å². The highest BCUT2D eigenvalue weighted by atomic mass is 19.4. The quantitative estimate of drug-likeness (QED) is 0.797. The van der Waals surface area contributed by atoms with Crippen molar-refractivity contribution < 1.29 is 22.7 Å². The third-order valence-corrected chi connectivity index (χ3v) is 2.52. The Morgan fingerprint density at radius 2 is 1.95 bits per heavy atom. The lowest BCUT2D eigenvalue weighted by atomic mass is 10.3. The van der Waals surface area contributed by atoms with Gasteiger partial charge in [0.15, 0.2) is 0 Å². The van der Waals surface area contributed by atoms with Crippen LogP contribution in [0, 0.1) is 0 Å². The molecule has 5 nitrogen and oxygen atoms in total. The van der Waals surface area contributed by atoms with Crippen molar-refractivity contribution in [3.8, 4) is 0 Å². The van der Waals surface area contributed by atoms with Gasteiger partial charge in [-0.15, -0.1) is 0 Å². The van der Waals surface area contributed by atoms with E-state index in [1.54, 1.807) is 13.8 Å². The van der Waals surface area contributed by atoms with Crippen molar-refractivity contribution in [1.82, 2.24) is 9.97 Å². The zero-order valence-corrected chi connectivity index (χ0v) is 11.6. The van der Waals surface area contributed by atoms with Crippen molar-refractivity contribution >= 4 is 11.9 Å². The van der Waals surface area contributed by atoms with Crippen LogP contribution in [-0.2, 0) is 15.7 Å². The fourth-order valence-electron chi connectivity index (χ4n) is 1.34. The second-order valence-corrected chi connectivity index (χ2v) is 4.51. The van der Waals surface area contributed by atoms with E-state index in [-0.39, 0.29) is 12.1 Å². The Kier molecular flexibility index (Phi) is 4.91. The SMILES string of the molecule is CC(C)OC(=O)[C@@H](C)N(C)c1nccc(C(F)(F)F)n1. The third-order valence-electron chi connectivity index (χ3n) is 2.52. The van der Waals surface area contributed by atoms with Crippen molar-refractivity contribution in [3.05, 3.63) is 18.0 Å². The minimum atomic E-state index is -4.56. The van der Waals surface area contributed by atoms with Gasteiger partial charge >= 0.3 is 12.1 Å². The van der Waals surface area contributed by atoms with Gasteiger partial charge in [-0.1, -0.05) is 0 Å². The fourth-order valence-corrected chi connectivity index (χ4v) is 1.34. The molecule has 1 heterocycles. The first-order valence-electron chi connectivity index (χ1n) is 5.96. The van der Waals surface area contributed by atoms with Crippen LogP contribution in [0.15, 0.2) is 12.3 Å². The highest BCUT2D eigenvalue weighted by Gasteiger charge is 2.33. The summed E-state index contributed by atoms with van der Waals surface area (Å²) in [7, 11) is 1.43. The molecule has 0 N–H and O–H groups in total. The van der Waals surface area contributed by atoms with Crippen LogP contribution in [0.1, 0.15) is 26.5 Å². The molecule has 0 aliphatic heterocycles. The topological polar surface area (TPSA) is 55.3 Å². The molecule has 20 heavy (non-hydrogen) atoms. The van der Waals surface area contributed by atoms with Crippen molar-refractivity contribution in [2.45, 2.75) is 39.1 Å². The summed E-state index contributed by atoms with van der Waals surface area (Å²) in [6, 6.07) is -0.0186. The molecule has 0 aliphatic carbocycles. The summed E-state index contributed by atoms with van der Waals surface area (Å²) in [6.45, 7) is 4.88. The Labute approximate surface area is 114 Å². The lowest BCUT2D eigenvalue weighted by Gasteiger charge is -2.24. The summed E-state index contributed by atoms with van der Waals surface area (Å²) >= 11 is 0. The van der Waals surface area contributed by atoms with Gasteiger partial charge in [-0.3, -0.25) is 0 Å². The number of esters is 1. The number of carbonyl (C=O) groups excluding carboxylic acids is 1. The van der Waals surface area contributed by atoms with Gasteiger partial charge in [-0.2, -0.15) is 13.2 Å². The Morgan fingerprint density at radius 3 is 2.45 bits per heavy atom. The predicted octanol–water partition coefficient (Wildman–Crippen LogP) is 2.27. The van der Waals surface area contributed by atoms with Crippen molar-refractivity contribution in [1.29, 1.82) is 0 Å². The Balaban J connectivity index is 2.92. The number of halogens is 3. The first-order chi connectivity index (χ1) is 9.12. The van der Waals surface area contributed by atoms with Crippen molar-refractivity contribution in [2.75, 3.05) is 11.9 Å². The summed E-state index contributed by atoms with van der Waals surface area (Å²) in [4.78, 5) is 20.1. The Hall–Kier alpha value is -1.86. The molecule has 0 radical (unpaired) electrons. The third kappa shape index (κ3) is 4.07. The first kappa shape index (κ1) is 16.2. The lowest BCUT2D eigenvalue weighted by Crippen LogP contribution is -2.39. The van der Waals surface area contributed by atoms with Crippen LogP contribution in [0.25, 0.3) is 0 Å². The average Bonchev–Trinajstić information content (AvgIpc) is 2.35. The van der Waals surface area contributed by atoms with Gasteiger partial charge in [0, 0.05) is 13.2 Å². The monoisotopic (exact) mass is 291 g/mol. The molecule has 0 amide bonds. The molecule has 0 fully saturated rings. The van der Waals surface area contributed by atoms with Gasteiger partial charge in [0.05, 0.1) is 6.10 Å². The molecule has 0 aromatic carbocycles. The fraction of sp³-hybridized carbons (Fsp3) is 0.583. The number of hydrogen-bond donors (Lipinski definition) is 0. The number of aromatic nitrogens is 2. The molecule has 8 heteroatoms. The van der Waals surface area contributed by atoms with Crippen LogP contribution in [-0.4, -0.2) is 35.1 Å². The molecule has 1 rings (SSSR count). The van der Waals surface area contributed by atoms with E-state index in [0.717, 1.165) is 12.3 Å². The molecule has 112 valence electrons. The molecule has 0 unspecified atom stereocenters. The summed E-state index contributed by atoms with van der Waals surface area (Å²) < 4.78 is 42.7. The second kappa shape index (κ2) is 6.06. The molecule has 0 saturated heterocycles. The van der Waals surface area contributed by atoms with Crippen LogP contribution < -0.4 is 4.90 Å². The highest BCUT2D eigenvalue weighted by molar-refractivity contribution is 5.78. The van der Waals surface area contributed by atoms with Gasteiger partial charge in [0.2, 0.25) is 5.95 Å². The maximum atomic E-state index is 12.6. The Morgan fingerprint density at radius 1 is 1.35 bits per heavy atom. The van der Waals surface area contributed by atoms with E-state index in [1.165, 1.54) is 18.9 Å². The number of nitrogens with zero attached hydrogens (tertiary/aromatic N) is 3. The smallest absolute Gasteiger partial charge is 0.433 e. The normalized spacial score (nSPS) is 13.2.